The van der Waals surface area contributed by atoms with Crippen molar-refractivity contribution in [2.24, 2.45) is 0 Å². The van der Waals surface area contributed by atoms with Crippen molar-refractivity contribution in [3.8, 4) is 5.75 Å². The number of hydrogen-bond acceptors (Lipinski definition) is 1. The monoisotopic (exact) mass is 263 g/mol. The number of aryl methyl sites for hydroxylation is 2. The lowest BCUT2D eigenvalue weighted by Crippen LogP contribution is -2.40. The van der Waals surface area contributed by atoms with Gasteiger partial charge in [-0.15, -0.1) is 0 Å². The summed E-state index contributed by atoms with van der Waals surface area (Å²) in [6.45, 7) is 4.07. The van der Waals surface area contributed by atoms with Crippen LogP contribution in [0.3, 0.4) is 0 Å². The Hall–Kier alpha value is -0.630. The molecule has 2 heteroatoms. The third-order valence-corrected chi connectivity index (χ3v) is 7.72. The molecule has 1 aromatic carbocycles. The molecule has 1 aromatic rings. The molecule has 2 bridgehead atoms. The summed E-state index contributed by atoms with van der Waals surface area (Å²) in [5.74, 6) is 0.490. The fourth-order valence-corrected chi connectivity index (χ4v) is 7.27. The first-order chi connectivity index (χ1) is 8.66. The number of phenolic OH excluding ortho intramolecular Hbond substituents is 1. The molecule has 0 aromatic heterocycles. The van der Waals surface area contributed by atoms with E-state index in [9.17, 15) is 5.11 Å². The Morgan fingerprint density at radius 3 is 1.83 bits per heavy atom. The summed E-state index contributed by atoms with van der Waals surface area (Å²) in [6, 6.07) is 4.50. The molecule has 2 heterocycles. The molecule has 0 spiro atoms. The van der Waals surface area contributed by atoms with Gasteiger partial charge in [-0.3, -0.25) is 0 Å². The normalized spacial score (nSPS) is 31.3. The molecule has 2 aliphatic heterocycles. The molecule has 0 amide bonds. The van der Waals surface area contributed by atoms with Crippen molar-refractivity contribution in [2.75, 3.05) is 0 Å². The molecule has 0 aliphatic carbocycles. The van der Waals surface area contributed by atoms with Gasteiger partial charge >= 0.3 is 0 Å². The van der Waals surface area contributed by atoms with E-state index in [2.05, 4.69) is 12.1 Å². The minimum atomic E-state index is 0.456. The highest BCUT2D eigenvalue weighted by atomic mass is 32.2. The first-order valence-corrected chi connectivity index (χ1v) is 8.54. The van der Waals surface area contributed by atoms with Crippen molar-refractivity contribution in [1.29, 1.82) is 0 Å². The highest BCUT2D eigenvalue weighted by molar-refractivity contribution is 7.98. The van der Waals surface area contributed by atoms with Crippen LogP contribution in [0.5, 0.6) is 5.75 Å². The van der Waals surface area contributed by atoms with Crippen LogP contribution in [0.15, 0.2) is 17.0 Å². The fraction of sp³-hybridized carbons (Fsp3) is 0.625. The molecule has 1 nitrogen and oxygen atoms in total. The third-order valence-electron chi connectivity index (χ3n) is 4.56. The van der Waals surface area contributed by atoms with Crippen LogP contribution in [0.1, 0.15) is 49.7 Å². The van der Waals surface area contributed by atoms with Gasteiger partial charge in [-0.1, -0.05) is 0 Å². The molecular formula is C16H23OS+. The maximum absolute atomic E-state index is 9.94. The smallest absolute Gasteiger partial charge is 0.156 e. The Bertz CT molecular complexity index is 409. The van der Waals surface area contributed by atoms with Crippen LogP contribution in [0, 0.1) is 13.8 Å². The summed E-state index contributed by atoms with van der Waals surface area (Å²) in [6.07, 6.45) is 8.60. The molecule has 0 saturated carbocycles. The van der Waals surface area contributed by atoms with E-state index in [4.69, 9.17) is 0 Å². The number of rotatable bonds is 1. The van der Waals surface area contributed by atoms with E-state index in [1.807, 2.05) is 13.8 Å². The lowest BCUT2D eigenvalue weighted by molar-refractivity contribution is 0.465. The lowest BCUT2D eigenvalue weighted by atomic mass is 9.99. The molecule has 98 valence electrons. The van der Waals surface area contributed by atoms with Gasteiger partial charge < -0.3 is 5.11 Å². The van der Waals surface area contributed by atoms with E-state index in [1.165, 1.54) is 43.4 Å². The predicted octanol–water partition coefficient (Wildman–Crippen LogP) is 4.09. The van der Waals surface area contributed by atoms with Crippen molar-refractivity contribution < 1.29 is 5.11 Å². The van der Waals surface area contributed by atoms with Crippen molar-refractivity contribution in [3.63, 3.8) is 0 Å². The van der Waals surface area contributed by atoms with Crippen molar-refractivity contribution in [2.45, 2.75) is 67.8 Å². The van der Waals surface area contributed by atoms with Gasteiger partial charge in [-0.05, 0) is 75.6 Å². The number of aromatic hydroxyl groups is 1. The van der Waals surface area contributed by atoms with Crippen LogP contribution in [-0.4, -0.2) is 15.6 Å². The second-order valence-corrected chi connectivity index (χ2v) is 8.43. The first kappa shape index (κ1) is 12.4. The Balaban J connectivity index is 1.98. The predicted molar refractivity (Wildman–Crippen MR) is 78.5 cm³/mol. The summed E-state index contributed by atoms with van der Waals surface area (Å²) in [5, 5.41) is 11.8. The van der Waals surface area contributed by atoms with Crippen LogP contribution in [0.25, 0.3) is 0 Å². The molecule has 18 heavy (non-hydrogen) atoms. The minimum absolute atomic E-state index is 0.456. The SMILES string of the molecule is Cc1cc([S+]2C3CCCC2CCC3)cc(C)c1O. The van der Waals surface area contributed by atoms with Crippen molar-refractivity contribution >= 4 is 10.9 Å². The van der Waals surface area contributed by atoms with Gasteiger partial charge in [-0.2, -0.15) is 0 Å². The summed E-state index contributed by atoms with van der Waals surface area (Å²) in [4.78, 5) is 1.53. The largest absolute Gasteiger partial charge is 0.507 e. The second kappa shape index (κ2) is 4.80. The number of hydrogen-bond donors (Lipinski definition) is 1. The van der Waals surface area contributed by atoms with E-state index in [-0.39, 0.29) is 0 Å². The minimum Gasteiger partial charge on any atom is -0.507 e. The molecule has 0 unspecified atom stereocenters. The van der Waals surface area contributed by atoms with Gasteiger partial charge in [0, 0.05) is 10.9 Å². The zero-order valence-electron chi connectivity index (χ0n) is 11.4. The molecule has 2 saturated heterocycles. The Labute approximate surface area is 113 Å². The zero-order valence-corrected chi connectivity index (χ0v) is 12.2. The Morgan fingerprint density at radius 1 is 0.944 bits per heavy atom. The van der Waals surface area contributed by atoms with Gasteiger partial charge in [0.2, 0.25) is 0 Å². The van der Waals surface area contributed by atoms with E-state index in [0.29, 0.717) is 16.6 Å². The van der Waals surface area contributed by atoms with Crippen LogP contribution in [0.2, 0.25) is 0 Å². The molecular weight excluding hydrogens is 240 g/mol. The maximum Gasteiger partial charge on any atom is 0.156 e. The van der Waals surface area contributed by atoms with E-state index >= 15 is 0 Å². The van der Waals surface area contributed by atoms with Crippen LogP contribution >= 0.6 is 0 Å². The standard InChI is InChI=1S/C16H22OS/c1-11-9-15(10-12(2)16(11)17)18-13-5-3-6-14(18)8-4-7-13/h9-10,13-14H,3-8H2,1-2H3/p+1. The molecule has 3 rings (SSSR count). The summed E-state index contributed by atoms with van der Waals surface area (Å²) in [7, 11) is 0.456. The third kappa shape index (κ3) is 2.05. The van der Waals surface area contributed by atoms with Gasteiger partial charge in [-0.25, -0.2) is 0 Å². The quantitative estimate of drug-likeness (QED) is 0.757. The van der Waals surface area contributed by atoms with E-state index in [0.717, 1.165) is 21.6 Å². The first-order valence-electron chi connectivity index (χ1n) is 7.19. The summed E-state index contributed by atoms with van der Waals surface area (Å²) in [5.41, 5.74) is 2.11. The lowest BCUT2D eigenvalue weighted by Gasteiger charge is -2.34. The van der Waals surface area contributed by atoms with Gasteiger partial charge in [0.15, 0.2) is 4.90 Å². The molecule has 0 atom stereocenters. The second-order valence-electron chi connectivity index (χ2n) is 5.88. The van der Waals surface area contributed by atoms with Gasteiger partial charge in [0.05, 0.1) is 0 Å². The average Bonchev–Trinajstić information content (AvgIpc) is 2.34. The molecule has 2 fully saturated rings. The highest BCUT2D eigenvalue weighted by Gasteiger charge is 2.46. The fourth-order valence-electron chi connectivity index (χ4n) is 3.65. The van der Waals surface area contributed by atoms with Crippen LogP contribution in [-0.2, 0) is 10.9 Å². The van der Waals surface area contributed by atoms with Crippen molar-refractivity contribution in [3.05, 3.63) is 23.3 Å². The molecule has 2 aliphatic rings. The zero-order chi connectivity index (χ0) is 12.7. The molecule has 1 N–H and O–H groups in total. The van der Waals surface area contributed by atoms with E-state index in [1.54, 1.807) is 0 Å². The Kier molecular flexibility index (Phi) is 3.31. The Morgan fingerprint density at radius 2 is 1.39 bits per heavy atom. The number of phenols is 1. The summed E-state index contributed by atoms with van der Waals surface area (Å²) < 4.78 is 0. The topological polar surface area (TPSA) is 20.2 Å². The average molecular weight is 263 g/mol. The molecule has 0 radical (unpaired) electrons. The van der Waals surface area contributed by atoms with Gasteiger partial charge in [0.25, 0.3) is 0 Å². The number of benzene rings is 1. The highest BCUT2D eigenvalue weighted by Crippen LogP contribution is 2.43. The van der Waals surface area contributed by atoms with Crippen LogP contribution in [0.4, 0.5) is 0 Å². The van der Waals surface area contributed by atoms with Gasteiger partial charge in [0.1, 0.15) is 16.2 Å². The van der Waals surface area contributed by atoms with Crippen molar-refractivity contribution in [1.82, 2.24) is 0 Å². The summed E-state index contributed by atoms with van der Waals surface area (Å²) >= 11 is 0. The maximum atomic E-state index is 9.94. The number of fused-ring (bicyclic) bond motifs is 2. The van der Waals surface area contributed by atoms with E-state index < -0.39 is 0 Å². The van der Waals surface area contributed by atoms with Crippen LogP contribution < -0.4 is 0 Å².